The third-order valence-corrected chi connectivity index (χ3v) is 12.7. The molecule has 2 amide bonds. The Morgan fingerprint density at radius 1 is 1.04 bits per heavy atom. The van der Waals surface area contributed by atoms with E-state index in [0.717, 1.165) is 28.1 Å². The summed E-state index contributed by atoms with van der Waals surface area (Å²) >= 11 is 0. The smallest absolute Gasteiger partial charge is 0.264 e. The van der Waals surface area contributed by atoms with Gasteiger partial charge in [0.25, 0.3) is 5.91 Å². The number of nitrogens with zero attached hydrogens (tertiary/aromatic N) is 5. The first-order chi connectivity index (χ1) is 22.6. The summed E-state index contributed by atoms with van der Waals surface area (Å²) in [6.45, 7) is 7.34. The number of carbonyl (C=O) groups is 2. The van der Waals surface area contributed by atoms with Crippen molar-refractivity contribution in [3.8, 4) is 0 Å². The fourth-order valence-corrected chi connectivity index (χ4v) is 10.6. The van der Waals surface area contributed by atoms with E-state index in [4.69, 9.17) is 4.74 Å². The van der Waals surface area contributed by atoms with Crippen molar-refractivity contribution >= 4 is 31.5 Å². The SMILES string of the molecule is C[C@H]1[C@H]([Si](C)(C)O)[C@@H](CCn2cc(C(CO)c3ccccc3)nn2)O[C@]12C(=O)N(Cc1cccc(N3CCC3=O)c1)c1ccccc12. The Morgan fingerprint density at radius 2 is 1.81 bits per heavy atom. The highest BCUT2D eigenvalue weighted by atomic mass is 28.4. The van der Waals surface area contributed by atoms with Gasteiger partial charge in [-0.1, -0.05) is 72.8 Å². The Labute approximate surface area is 275 Å². The number of β-lactam (4-membered cyclic amide) rings is 1. The number of benzene rings is 3. The van der Waals surface area contributed by atoms with Crippen molar-refractivity contribution in [2.24, 2.45) is 5.92 Å². The molecule has 0 saturated carbocycles. The van der Waals surface area contributed by atoms with Crippen LogP contribution in [0.25, 0.3) is 0 Å². The van der Waals surface area contributed by atoms with Gasteiger partial charge in [-0.2, -0.15) is 0 Å². The molecule has 3 aliphatic rings. The lowest BCUT2D eigenvalue weighted by molar-refractivity contribution is -0.146. The number of aliphatic hydroxyl groups is 1. The lowest BCUT2D eigenvalue weighted by atomic mass is 9.82. The van der Waals surface area contributed by atoms with Crippen LogP contribution in [0, 0.1) is 5.92 Å². The van der Waals surface area contributed by atoms with E-state index in [-0.39, 0.29) is 41.9 Å². The highest BCUT2D eigenvalue weighted by molar-refractivity contribution is 6.71. The van der Waals surface area contributed by atoms with Crippen LogP contribution >= 0.6 is 0 Å². The third kappa shape index (κ3) is 5.40. The minimum atomic E-state index is -2.83. The van der Waals surface area contributed by atoms with Crippen LogP contribution in [0.4, 0.5) is 11.4 Å². The molecule has 47 heavy (non-hydrogen) atoms. The fourth-order valence-electron chi connectivity index (χ4n) is 7.95. The lowest BCUT2D eigenvalue weighted by Crippen LogP contribution is -2.46. The monoisotopic (exact) mass is 651 g/mol. The van der Waals surface area contributed by atoms with Gasteiger partial charge < -0.3 is 24.4 Å². The number of para-hydroxylation sites is 1. The van der Waals surface area contributed by atoms with E-state index in [1.54, 1.807) is 14.5 Å². The minimum absolute atomic E-state index is 0.0838. The zero-order valence-corrected chi connectivity index (χ0v) is 28.0. The van der Waals surface area contributed by atoms with Gasteiger partial charge in [-0.15, -0.1) is 5.10 Å². The van der Waals surface area contributed by atoms with E-state index >= 15 is 0 Å². The van der Waals surface area contributed by atoms with Crippen molar-refractivity contribution in [1.29, 1.82) is 0 Å². The number of amides is 2. The first kappa shape index (κ1) is 31.4. The van der Waals surface area contributed by atoms with Crippen molar-refractivity contribution in [2.45, 2.75) is 69.1 Å². The summed E-state index contributed by atoms with van der Waals surface area (Å²) in [4.78, 5) is 42.0. The minimum Gasteiger partial charge on any atom is -0.432 e. The number of rotatable bonds is 10. The number of aliphatic hydroxyl groups excluding tert-OH is 1. The number of hydrogen-bond acceptors (Lipinski definition) is 7. The molecule has 2 fully saturated rings. The van der Waals surface area contributed by atoms with Gasteiger partial charge in [-0.3, -0.25) is 14.3 Å². The molecule has 0 bridgehead atoms. The highest BCUT2D eigenvalue weighted by Crippen LogP contribution is 2.59. The molecule has 1 spiro atoms. The molecule has 3 aliphatic heterocycles. The summed E-state index contributed by atoms with van der Waals surface area (Å²) in [5, 5.41) is 18.9. The van der Waals surface area contributed by atoms with E-state index in [1.165, 1.54) is 0 Å². The average molecular weight is 652 g/mol. The maximum Gasteiger partial charge on any atom is 0.264 e. The van der Waals surface area contributed by atoms with Crippen LogP contribution in [0.2, 0.25) is 18.6 Å². The predicted octanol–water partition coefficient (Wildman–Crippen LogP) is 4.57. The van der Waals surface area contributed by atoms with Crippen LogP contribution in [-0.4, -0.2) is 64.3 Å². The van der Waals surface area contributed by atoms with Gasteiger partial charge >= 0.3 is 0 Å². The lowest BCUT2D eigenvalue weighted by Gasteiger charge is -2.32. The number of aryl methyl sites for hydroxylation is 1. The summed E-state index contributed by atoms with van der Waals surface area (Å²) in [7, 11) is -2.83. The van der Waals surface area contributed by atoms with E-state index < -0.39 is 13.9 Å². The molecule has 1 unspecified atom stereocenters. The summed E-state index contributed by atoms with van der Waals surface area (Å²) in [6, 6.07) is 25.4. The maximum absolute atomic E-state index is 14.7. The average Bonchev–Trinajstić information content (AvgIpc) is 3.71. The predicted molar refractivity (Wildman–Crippen MR) is 180 cm³/mol. The van der Waals surface area contributed by atoms with Gasteiger partial charge in [0.05, 0.1) is 36.6 Å². The Hall–Kier alpha value is -4.16. The number of hydrogen-bond donors (Lipinski definition) is 2. The van der Waals surface area contributed by atoms with Crippen LogP contribution < -0.4 is 9.80 Å². The summed E-state index contributed by atoms with van der Waals surface area (Å²) in [6.07, 6.45) is 2.57. The molecule has 1 aromatic heterocycles. The van der Waals surface area contributed by atoms with E-state index in [1.807, 2.05) is 105 Å². The van der Waals surface area contributed by atoms with E-state index in [9.17, 15) is 19.5 Å². The Morgan fingerprint density at radius 3 is 2.51 bits per heavy atom. The Bertz CT molecular complexity index is 1790. The molecule has 3 aromatic carbocycles. The Kier molecular flexibility index (Phi) is 8.11. The first-order valence-electron chi connectivity index (χ1n) is 16.4. The van der Waals surface area contributed by atoms with Crippen LogP contribution in [0.3, 0.4) is 0 Å². The molecule has 4 heterocycles. The highest BCUT2D eigenvalue weighted by Gasteiger charge is 2.66. The van der Waals surface area contributed by atoms with Gasteiger partial charge in [-0.25, -0.2) is 0 Å². The third-order valence-electron chi connectivity index (χ3n) is 10.2. The molecule has 0 radical (unpaired) electrons. The molecular formula is C36H41N5O5Si. The van der Waals surface area contributed by atoms with Crippen molar-refractivity contribution < 1.29 is 24.2 Å². The molecule has 11 heteroatoms. The molecule has 10 nitrogen and oxygen atoms in total. The number of fused-ring (bicyclic) bond motifs is 2. The topological polar surface area (TPSA) is 121 Å². The number of aromatic nitrogens is 3. The summed E-state index contributed by atoms with van der Waals surface area (Å²) in [5.74, 6) is -0.570. The zero-order valence-electron chi connectivity index (χ0n) is 27.0. The molecule has 5 atom stereocenters. The Balaban J connectivity index is 1.15. The van der Waals surface area contributed by atoms with Gasteiger partial charge in [0.15, 0.2) is 13.9 Å². The second-order valence-electron chi connectivity index (χ2n) is 13.6. The van der Waals surface area contributed by atoms with Crippen LogP contribution in [0.1, 0.15) is 48.1 Å². The molecule has 2 N–H and O–H groups in total. The molecular weight excluding hydrogens is 611 g/mol. The van der Waals surface area contributed by atoms with E-state index in [0.29, 0.717) is 38.2 Å². The second kappa shape index (κ2) is 12.1. The fraction of sp³-hybridized carbons (Fsp3) is 0.389. The van der Waals surface area contributed by atoms with E-state index in [2.05, 4.69) is 10.3 Å². The van der Waals surface area contributed by atoms with Crippen molar-refractivity contribution in [3.05, 3.63) is 107 Å². The first-order valence-corrected chi connectivity index (χ1v) is 19.4. The van der Waals surface area contributed by atoms with Crippen LogP contribution in [0.5, 0.6) is 0 Å². The van der Waals surface area contributed by atoms with Crippen molar-refractivity contribution in [1.82, 2.24) is 15.0 Å². The maximum atomic E-state index is 14.7. The molecule has 244 valence electrons. The quantitative estimate of drug-likeness (QED) is 0.190. The zero-order chi connectivity index (χ0) is 32.9. The molecule has 0 aliphatic carbocycles. The number of anilines is 2. The van der Waals surface area contributed by atoms with Gasteiger partial charge in [0, 0.05) is 48.4 Å². The van der Waals surface area contributed by atoms with Gasteiger partial charge in [-0.05, 0) is 48.8 Å². The summed E-state index contributed by atoms with van der Waals surface area (Å²) < 4.78 is 8.73. The number of carbonyl (C=O) groups excluding carboxylic acids is 2. The normalized spacial score (nSPS) is 24.6. The number of ether oxygens (including phenoxy) is 1. The van der Waals surface area contributed by atoms with Gasteiger partial charge in [0.1, 0.15) is 0 Å². The molecule has 2 saturated heterocycles. The summed E-state index contributed by atoms with van der Waals surface area (Å²) in [5.41, 5.74) is 3.62. The largest absolute Gasteiger partial charge is 0.432 e. The second-order valence-corrected chi connectivity index (χ2v) is 17.5. The standard InChI is InChI=1S/C36H41N5O5Si/c1-24-34(47(2,3)45)32(16-18-39-22-30(37-38-39)28(23-42)26-11-5-4-6-12-26)46-36(24)29-14-7-8-15-31(29)41(35(36)44)21-25-10-9-13-27(20-25)40-19-17-33(40)43/h4-15,20,22,24,28,32,34,42,45H,16-19,21,23H2,1-3H3/t24-,28?,32+,34-,36+/m0/s1. The van der Waals surface area contributed by atoms with Crippen LogP contribution in [0.15, 0.2) is 85.1 Å². The van der Waals surface area contributed by atoms with Gasteiger partial charge in [0.2, 0.25) is 5.91 Å². The molecule has 4 aromatic rings. The van der Waals surface area contributed by atoms with Crippen LogP contribution in [-0.2, 0) is 33.0 Å². The molecule has 7 rings (SSSR count). The van der Waals surface area contributed by atoms with Crippen molar-refractivity contribution in [3.63, 3.8) is 0 Å². The van der Waals surface area contributed by atoms with Crippen molar-refractivity contribution in [2.75, 3.05) is 23.0 Å².